The molecule has 1 unspecified atom stereocenters. The Morgan fingerprint density at radius 2 is 1.62 bits per heavy atom. The summed E-state index contributed by atoms with van der Waals surface area (Å²) in [5.74, 6) is -1.76. The van der Waals surface area contributed by atoms with Gasteiger partial charge in [0.15, 0.2) is 12.3 Å². The van der Waals surface area contributed by atoms with E-state index in [0.717, 1.165) is 0 Å². The minimum Gasteiger partial charge on any atom is -0.479 e. The molecule has 0 radical (unpaired) electrons. The summed E-state index contributed by atoms with van der Waals surface area (Å²) >= 11 is 0. The molecule has 1 aliphatic rings. The Kier molecular flexibility index (Phi) is 6.29. The maximum Gasteiger partial charge on any atom is 0.335 e. The van der Waals surface area contributed by atoms with Gasteiger partial charge in [-0.25, -0.2) is 22.2 Å². The van der Waals surface area contributed by atoms with E-state index in [0.29, 0.717) is 15.7 Å². The van der Waals surface area contributed by atoms with Gasteiger partial charge in [0.05, 0.1) is 16.8 Å². The van der Waals surface area contributed by atoms with Crippen LogP contribution in [0.2, 0.25) is 0 Å². The molecule has 6 N–H and O–H groups in total. The number of benzene rings is 2. The van der Waals surface area contributed by atoms with E-state index in [4.69, 9.17) is 10.5 Å². The molecule has 2 heterocycles. The van der Waals surface area contributed by atoms with E-state index in [1.165, 1.54) is 41.2 Å². The fraction of sp³-hybridized carbons (Fsp3) is 0.238. The molecule has 0 saturated carbocycles. The number of ether oxygens (including phenoxy) is 1. The van der Waals surface area contributed by atoms with E-state index in [1.54, 1.807) is 30.3 Å². The first-order chi connectivity index (χ1) is 16.1. The number of rotatable bonds is 6. The molecule has 0 bridgehead atoms. The van der Waals surface area contributed by atoms with Gasteiger partial charge in [-0.1, -0.05) is 18.2 Å². The molecule has 4 rings (SSSR count). The third-order valence-corrected chi connectivity index (χ3v) is 7.13. The van der Waals surface area contributed by atoms with Crippen molar-refractivity contribution in [3.05, 3.63) is 66.9 Å². The summed E-state index contributed by atoms with van der Waals surface area (Å²) in [4.78, 5) is 11.4. The number of hydrogen-bond acceptors (Lipinski definition) is 9. The quantitative estimate of drug-likeness (QED) is 0.283. The van der Waals surface area contributed by atoms with Crippen LogP contribution < -0.4 is 10.0 Å². The number of nitrogen functional groups attached to an aromatic ring is 1. The zero-order valence-corrected chi connectivity index (χ0v) is 18.3. The highest BCUT2D eigenvalue weighted by Crippen LogP contribution is 2.34. The SMILES string of the molecule is Nc1ccc(S(=O)(=O)N(c2ccnn2-c2ccccc2)C2O[C@H](C(=O)O)[C@@H](O)[C@H](O)[C@H]2O)cc1. The third kappa shape index (κ3) is 4.10. The normalized spacial score (nSPS) is 25.1. The summed E-state index contributed by atoms with van der Waals surface area (Å²) < 4.78 is 34.8. The maximum absolute atomic E-state index is 13.8. The molecule has 1 saturated heterocycles. The number of aromatic nitrogens is 2. The van der Waals surface area contributed by atoms with Gasteiger partial charge in [0, 0.05) is 11.8 Å². The van der Waals surface area contributed by atoms with E-state index in [-0.39, 0.29) is 10.7 Å². The first-order valence-corrected chi connectivity index (χ1v) is 11.5. The maximum atomic E-state index is 13.8. The van der Waals surface area contributed by atoms with Gasteiger partial charge in [0.25, 0.3) is 10.0 Å². The van der Waals surface area contributed by atoms with Crippen molar-refractivity contribution < 1.29 is 38.4 Å². The molecule has 0 amide bonds. The van der Waals surface area contributed by atoms with Crippen molar-refractivity contribution in [2.75, 3.05) is 10.0 Å². The summed E-state index contributed by atoms with van der Waals surface area (Å²) in [7, 11) is -4.55. The molecule has 5 atom stereocenters. The number of hydrogen-bond donors (Lipinski definition) is 5. The van der Waals surface area contributed by atoms with Crippen LogP contribution in [0.1, 0.15) is 0 Å². The number of nitrogens with two attached hydrogens (primary N) is 1. The lowest BCUT2D eigenvalue weighted by Crippen LogP contribution is -2.65. The van der Waals surface area contributed by atoms with Crippen molar-refractivity contribution >= 4 is 27.5 Å². The Labute approximate surface area is 194 Å². The lowest BCUT2D eigenvalue weighted by atomic mass is 9.98. The molecule has 0 spiro atoms. The Morgan fingerprint density at radius 1 is 0.971 bits per heavy atom. The van der Waals surface area contributed by atoms with Crippen molar-refractivity contribution in [3.63, 3.8) is 0 Å². The monoisotopic (exact) mass is 490 g/mol. The predicted molar refractivity (Wildman–Crippen MR) is 118 cm³/mol. The predicted octanol–water partition coefficient (Wildman–Crippen LogP) is -0.458. The minimum atomic E-state index is -4.55. The number of sulfonamides is 1. The summed E-state index contributed by atoms with van der Waals surface area (Å²) in [6.07, 6.45) is -8.65. The number of aliphatic carboxylic acids is 1. The molecule has 13 heteroatoms. The van der Waals surface area contributed by atoms with Crippen molar-refractivity contribution in [2.45, 2.75) is 35.5 Å². The van der Waals surface area contributed by atoms with E-state index >= 15 is 0 Å². The number of aliphatic hydroxyl groups is 3. The number of carboxylic acids is 1. The topological polar surface area (TPSA) is 188 Å². The number of carbonyl (C=O) groups is 1. The molecule has 1 aliphatic heterocycles. The van der Waals surface area contributed by atoms with Crippen LogP contribution in [-0.4, -0.2) is 75.2 Å². The summed E-state index contributed by atoms with van der Waals surface area (Å²) in [6, 6.07) is 15.0. The number of nitrogens with zero attached hydrogens (tertiary/aromatic N) is 3. The van der Waals surface area contributed by atoms with Crippen LogP contribution in [0.3, 0.4) is 0 Å². The lowest BCUT2D eigenvalue weighted by molar-refractivity contribution is -0.224. The standard InChI is InChI=1S/C21H22N4O8S/c22-12-6-8-14(9-7-12)34(31,32)25(15-10-11-23-24(15)13-4-2-1-3-5-13)20-18(28)16(26)17(27)19(33-20)21(29)30/h1-11,16-20,26-28H,22H2,(H,29,30)/t16-,17-,18+,19-,20?/m0/s1. The average Bonchev–Trinajstić information content (AvgIpc) is 3.29. The van der Waals surface area contributed by atoms with Crippen molar-refractivity contribution in [3.8, 4) is 5.69 Å². The number of para-hydroxylation sites is 1. The Balaban J connectivity index is 1.91. The van der Waals surface area contributed by atoms with Crippen LogP contribution >= 0.6 is 0 Å². The smallest absolute Gasteiger partial charge is 0.335 e. The Hall–Kier alpha value is -3.49. The van der Waals surface area contributed by atoms with Crippen LogP contribution in [0, 0.1) is 0 Å². The fourth-order valence-electron chi connectivity index (χ4n) is 3.63. The van der Waals surface area contributed by atoms with Gasteiger partial charge in [-0.3, -0.25) is 0 Å². The molecule has 180 valence electrons. The molecule has 0 aliphatic carbocycles. The molecule has 2 aromatic carbocycles. The van der Waals surface area contributed by atoms with Gasteiger partial charge in [-0.15, -0.1) is 0 Å². The fourth-order valence-corrected chi connectivity index (χ4v) is 5.17. The number of aliphatic hydroxyl groups excluding tert-OH is 3. The molecule has 1 fully saturated rings. The van der Waals surface area contributed by atoms with Gasteiger partial charge in [0.1, 0.15) is 24.1 Å². The van der Waals surface area contributed by atoms with E-state index < -0.39 is 46.6 Å². The van der Waals surface area contributed by atoms with Gasteiger partial charge >= 0.3 is 5.97 Å². The second-order valence-electron chi connectivity index (χ2n) is 7.56. The molecule has 12 nitrogen and oxygen atoms in total. The second-order valence-corrected chi connectivity index (χ2v) is 9.38. The molecule has 34 heavy (non-hydrogen) atoms. The molecule has 3 aromatic rings. The largest absolute Gasteiger partial charge is 0.479 e. The zero-order valence-electron chi connectivity index (χ0n) is 17.5. The Bertz CT molecular complexity index is 1270. The summed E-state index contributed by atoms with van der Waals surface area (Å²) in [5, 5.41) is 44.7. The number of anilines is 2. The average molecular weight is 490 g/mol. The van der Waals surface area contributed by atoms with Gasteiger partial charge in [-0.2, -0.15) is 5.10 Å². The highest BCUT2D eigenvalue weighted by Gasteiger charge is 2.52. The van der Waals surface area contributed by atoms with E-state index in [2.05, 4.69) is 5.10 Å². The van der Waals surface area contributed by atoms with Crippen LogP contribution in [0.15, 0.2) is 71.8 Å². The minimum absolute atomic E-state index is 0.111. The van der Waals surface area contributed by atoms with Crippen molar-refractivity contribution in [1.29, 1.82) is 0 Å². The Morgan fingerprint density at radius 3 is 2.24 bits per heavy atom. The van der Waals surface area contributed by atoms with Crippen LogP contribution in [-0.2, 0) is 19.6 Å². The highest BCUT2D eigenvalue weighted by atomic mass is 32.2. The second kappa shape index (κ2) is 9.04. The van der Waals surface area contributed by atoms with Crippen LogP contribution in [0.25, 0.3) is 5.69 Å². The first-order valence-electron chi connectivity index (χ1n) is 10.0. The van der Waals surface area contributed by atoms with Crippen LogP contribution in [0.5, 0.6) is 0 Å². The van der Waals surface area contributed by atoms with Gasteiger partial charge < -0.3 is 30.9 Å². The first kappa shape index (κ1) is 23.7. The zero-order chi connectivity index (χ0) is 24.6. The van der Waals surface area contributed by atoms with Crippen LogP contribution in [0.4, 0.5) is 11.5 Å². The summed E-state index contributed by atoms with van der Waals surface area (Å²) in [6.45, 7) is 0. The lowest BCUT2D eigenvalue weighted by Gasteiger charge is -2.43. The van der Waals surface area contributed by atoms with Gasteiger partial charge in [0.2, 0.25) is 0 Å². The molecular weight excluding hydrogens is 468 g/mol. The van der Waals surface area contributed by atoms with Crippen molar-refractivity contribution in [2.24, 2.45) is 0 Å². The molecule has 1 aromatic heterocycles. The summed E-state index contributed by atoms with van der Waals surface area (Å²) in [5.41, 5.74) is 6.44. The van der Waals surface area contributed by atoms with E-state index in [9.17, 15) is 33.6 Å². The van der Waals surface area contributed by atoms with Gasteiger partial charge in [-0.05, 0) is 36.4 Å². The highest BCUT2D eigenvalue weighted by molar-refractivity contribution is 7.92. The van der Waals surface area contributed by atoms with E-state index in [1.807, 2.05) is 0 Å². The number of carboxylic acid groups (broad SMARTS) is 1. The molecular formula is C21H22N4O8S. The van der Waals surface area contributed by atoms with Crippen molar-refractivity contribution in [1.82, 2.24) is 9.78 Å². The third-order valence-electron chi connectivity index (χ3n) is 5.35.